The molecule has 0 aliphatic heterocycles. The van der Waals surface area contributed by atoms with E-state index in [2.05, 4.69) is 9.68 Å². The van der Waals surface area contributed by atoms with Gasteiger partial charge in [0.2, 0.25) is 0 Å². The van der Waals surface area contributed by atoms with Crippen molar-refractivity contribution in [3.05, 3.63) is 20.2 Å². The van der Waals surface area contributed by atoms with Crippen LogP contribution in [0, 0.1) is 20.2 Å². The van der Waals surface area contributed by atoms with Gasteiger partial charge in [0.1, 0.15) is 6.10 Å². The number of hydrogen-bond donors (Lipinski definition) is 1. The van der Waals surface area contributed by atoms with Crippen LogP contribution in [0.2, 0.25) is 0 Å². The number of nitrogens with zero attached hydrogens (tertiary/aromatic N) is 2. The van der Waals surface area contributed by atoms with Gasteiger partial charge in [0, 0.05) is 0 Å². The summed E-state index contributed by atoms with van der Waals surface area (Å²) in [6.45, 7) is -0.527. The van der Waals surface area contributed by atoms with Crippen LogP contribution in [0.15, 0.2) is 0 Å². The molecule has 0 unspecified atom stereocenters. The molecule has 1 atom stereocenters. The summed E-state index contributed by atoms with van der Waals surface area (Å²) in [6.07, 6.45) is 0.180. The third kappa shape index (κ3) is 8.68. The molecule has 0 aromatic carbocycles. The van der Waals surface area contributed by atoms with E-state index in [1.807, 2.05) is 0 Å². The average molecular weight is 224 g/mol. The van der Waals surface area contributed by atoms with E-state index in [0.29, 0.717) is 12.8 Å². The minimum atomic E-state index is -0.978. The number of rotatable bonds is 9. The van der Waals surface area contributed by atoms with Gasteiger partial charge < -0.3 is 14.8 Å². The smallest absolute Gasteiger partial charge is 0.294 e. The second-order valence-corrected chi connectivity index (χ2v) is 2.69. The molecule has 0 amide bonds. The molecule has 0 bridgehead atoms. The Morgan fingerprint density at radius 1 is 1.20 bits per heavy atom. The Hall–Kier alpha value is -1.64. The van der Waals surface area contributed by atoms with Crippen LogP contribution < -0.4 is 0 Å². The van der Waals surface area contributed by atoms with Gasteiger partial charge >= 0.3 is 0 Å². The van der Waals surface area contributed by atoms with E-state index < -0.39 is 22.9 Å². The summed E-state index contributed by atoms with van der Waals surface area (Å²) in [5, 5.41) is 26.4. The maximum Gasteiger partial charge on any atom is 0.294 e. The molecule has 0 spiro atoms. The van der Waals surface area contributed by atoms with Crippen molar-refractivity contribution in [2.75, 3.05) is 13.2 Å². The van der Waals surface area contributed by atoms with Gasteiger partial charge in [-0.25, -0.2) is 0 Å². The summed E-state index contributed by atoms with van der Waals surface area (Å²) in [5.74, 6) is 0. The summed E-state index contributed by atoms with van der Waals surface area (Å²) in [6, 6.07) is 0. The molecule has 9 nitrogen and oxygen atoms in total. The molecule has 0 fully saturated rings. The van der Waals surface area contributed by atoms with Gasteiger partial charge in [0.15, 0.2) is 0 Å². The van der Waals surface area contributed by atoms with Crippen molar-refractivity contribution < 1.29 is 25.0 Å². The van der Waals surface area contributed by atoms with Crippen molar-refractivity contribution in [2.45, 2.75) is 25.4 Å². The van der Waals surface area contributed by atoms with Gasteiger partial charge in [-0.2, -0.15) is 0 Å². The molecular formula is C6H12N2O7. The quantitative estimate of drug-likeness (QED) is 0.330. The Morgan fingerprint density at radius 3 is 2.33 bits per heavy atom. The van der Waals surface area contributed by atoms with Gasteiger partial charge in [-0.05, 0) is 19.3 Å². The summed E-state index contributed by atoms with van der Waals surface area (Å²) in [5.41, 5.74) is 0. The Balaban J connectivity index is 3.46. The highest BCUT2D eigenvalue weighted by Crippen LogP contribution is 2.04. The third-order valence-corrected chi connectivity index (χ3v) is 1.56. The fraction of sp³-hybridized carbons (Fsp3) is 1.00. The van der Waals surface area contributed by atoms with Crippen LogP contribution in [0.5, 0.6) is 0 Å². The molecule has 0 aromatic heterocycles. The number of unbranched alkanes of at least 4 members (excludes halogenated alkanes) is 1. The molecule has 0 aliphatic rings. The van der Waals surface area contributed by atoms with E-state index in [9.17, 15) is 20.2 Å². The molecule has 0 aromatic rings. The molecule has 15 heavy (non-hydrogen) atoms. The molecule has 0 aliphatic carbocycles. The standard InChI is InChI=1S/C6H12N2O7/c9-5-6(15-8(12)13)3-1-2-4-14-7(10)11/h6,9H,1-5H2/t6-/m1/s1. The zero-order valence-corrected chi connectivity index (χ0v) is 7.90. The molecule has 0 saturated carbocycles. The van der Waals surface area contributed by atoms with Crippen LogP contribution in [0.1, 0.15) is 19.3 Å². The molecule has 0 heterocycles. The van der Waals surface area contributed by atoms with Gasteiger partial charge in [-0.3, -0.25) is 0 Å². The van der Waals surface area contributed by atoms with Crippen molar-refractivity contribution in [3.8, 4) is 0 Å². The molecule has 0 saturated heterocycles. The molecule has 0 radical (unpaired) electrons. The third-order valence-electron chi connectivity index (χ3n) is 1.56. The van der Waals surface area contributed by atoms with Crippen molar-refractivity contribution in [1.82, 2.24) is 0 Å². The Bertz CT molecular complexity index is 210. The predicted molar refractivity (Wildman–Crippen MR) is 45.8 cm³/mol. The number of aliphatic hydroxyl groups is 1. The first-order valence-electron chi connectivity index (χ1n) is 4.25. The Morgan fingerprint density at radius 2 is 1.87 bits per heavy atom. The maximum absolute atomic E-state index is 9.91. The van der Waals surface area contributed by atoms with Crippen LogP contribution >= 0.6 is 0 Å². The number of aliphatic hydroxyl groups excluding tert-OH is 1. The van der Waals surface area contributed by atoms with Crippen LogP contribution in [0.3, 0.4) is 0 Å². The monoisotopic (exact) mass is 224 g/mol. The largest absolute Gasteiger partial charge is 0.394 e. The van der Waals surface area contributed by atoms with Gasteiger partial charge in [-0.15, -0.1) is 20.2 Å². The van der Waals surface area contributed by atoms with E-state index in [1.54, 1.807) is 0 Å². The van der Waals surface area contributed by atoms with Crippen LogP contribution in [0.4, 0.5) is 0 Å². The minimum Gasteiger partial charge on any atom is -0.394 e. The predicted octanol–water partition coefficient (Wildman–Crippen LogP) is -0.0658. The minimum absolute atomic E-state index is 0.0659. The number of hydrogen-bond acceptors (Lipinski definition) is 7. The SMILES string of the molecule is O=[N+]([O-])OCCCC[C@H](CO)O[N+](=O)[O-]. The van der Waals surface area contributed by atoms with Crippen molar-refractivity contribution in [3.63, 3.8) is 0 Å². The zero-order valence-electron chi connectivity index (χ0n) is 7.90. The van der Waals surface area contributed by atoms with E-state index in [1.165, 1.54) is 0 Å². The highest BCUT2D eigenvalue weighted by molar-refractivity contribution is 4.53. The lowest BCUT2D eigenvalue weighted by molar-refractivity contribution is -0.769. The first-order valence-corrected chi connectivity index (χ1v) is 4.25. The summed E-state index contributed by atoms with van der Waals surface area (Å²) in [7, 11) is 0. The Labute approximate surface area is 84.8 Å². The second kappa shape index (κ2) is 7.74. The zero-order chi connectivity index (χ0) is 11.7. The molecule has 1 N–H and O–H groups in total. The van der Waals surface area contributed by atoms with E-state index >= 15 is 0 Å². The Kier molecular flexibility index (Phi) is 6.89. The molecule has 88 valence electrons. The van der Waals surface area contributed by atoms with Gasteiger partial charge in [0.05, 0.1) is 13.2 Å². The van der Waals surface area contributed by atoms with E-state index in [-0.39, 0.29) is 13.0 Å². The van der Waals surface area contributed by atoms with Crippen LogP contribution in [-0.2, 0) is 9.68 Å². The maximum atomic E-state index is 9.91. The van der Waals surface area contributed by atoms with Gasteiger partial charge in [0.25, 0.3) is 10.2 Å². The molecule has 9 heteroatoms. The molecular weight excluding hydrogens is 212 g/mol. The van der Waals surface area contributed by atoms with E-state index in [4.69, 9.17) is 5.11 Å². The highest BCUT2D eigenvalue weighted by atomic mass is 17.0. The lowest BCUT2D eigenvalue weighted by atomic mass is 10.2. The second-order valence-electron chi connectivity index (χ2n) is 2.69. The summed E-state index contributed by atoms with van der Waals surface area (Å²) >= 11 is 0. The lowest BCUT2D eigenvalue weighted by Crippen LogP contribution is -2.21. The first kappa shape index (κ1) is 13.4. The van der Waals surface area contributed by atoms with E-state index in [0.717, 1.165) is 0 Å². The fourth-order valence-corrected chi connectivity index (χ4v) is 0.912. The normalized spacial score (nSPS) is 11.8. The van der Waals surface area contributed by atoms with Gasteiger partial charge in [-0.1, -0.05) is 0 Å². The fourth-order valence-electron chi connectivity index (χ4n) is 0.912. The highest BCUT2D eigenvalue weighted by Gasteiger charge is 2.11. The first-order chi connectivity index (χ1) is 7.06. The van der Waals surface area contributed by atoms with Crippen LogP contribution in [0.25, 0.3) is 0 Å². The average Bonchev–Trinajstić information content (AvgIpc) is 2.14. The van der Waals surface area contributed by atoms with Crippen molar-refractivity contribution >= 4 is 0 Å². The summed E-state index contributed by atoms with van der Waals surface area (Å²) < 4.78 is 0. The summed E-state index contributed by atoms with van der Waals surface area (Å²) in [4.78, 5) is 27.8. The topological polar surface area (TPSA) is 125 Å². The van der Waals surface area contributed by atoms with Crippen LogP contribution in [-0.4, -0.2) is 34.6 Å². The van der Waals surface area contributed by atoms with Crippen molar-refractivity contribution in [2.24, 2.45) is 0 Å². The lowest BCUT2D eigenvalue weighted by Gasteiger charge is -2.10. The van der Waals surface area contributed by atoms with Crippen molar-refractivity contribution in [1.29, 1.82) is 0 Å². The molecule has 0 rings (SSSR count).